The lowest BCUT2D eigenvalue weighted by atomic mass is 9.47. The van der Waals surface area contributed by atoms with Crippen molar-refractivity contribution < 1.29 is 9.53 Å². The fraction of sp³-hybridized carbons (Fsp3) is 0.919. The third kappa shape index (κ3) is 6.35. The third-order valence-electron chi connectivity index (χ3n) is 13.3. The van der Waals surface area contributed by atoms with Crippen LogP contribution in [-0.2, 0) is 9.53 Å². The summed E-state index contributed by atoms with van der Waals surface area (Å²) in [6, 6.07) is 0. The normalized spacial score (nSPS) is 39.4. The van der Waals surface area contributed by atoms with E-state index in [-0.39, 0.29) is 12.1 Å². The van der Waals surface area contributed by atoms with E-state index < -0.39 is 0 Å². The van der Waals surface area contributed by atoms with Gasteiger partial charge in [0, 0.05) is 12.8 Å². The number of rotatable bonds is 10. The molecule has 0 aromatic heterocycles. The van der Waals surface area contributed by atoms with Crippen molar-refractivity contribution in [2.24, 2.45) is 52.3 Å². The van der Waals surface area contributed by atoms with Crippen molar-refractivity contribution in [3.05, 3.63) is 11.6 Å². The summed E-state index contributed by atoms with van der Waals surface area (Å²) in [5.74, 6) is 6.23. The first-order chi connectivity index (χ1) is 18.7. The number of hydrogen-bond acceptors (Lipinski definition) is 2. The summed E-state index contributed by atoms with van der Waals surface area (Å²) in [5, 5.41) is 0. The van der Waals surface area contributed by atoms with Crippen LogP contribution in [0.3, 0.4) is 0 Å². The number of fused-ring (bicyclic) bond motifs is 5. The molecule has 4 fully saturated rings. The summed E-state index contributed by atoms with van der Waals surface area (Å²) in [5.41, 5.74) is 2.55. The molecule has 0 aromatic carbocycles. The Balaban J connectivity index is 1.15. The highest BCUT2D eigenvalue weighted by atomic mass is 16.5. The van der Waals surface area contributed by atoms with Crippen molar-refractivity contribution in [1.82, 2.24) is 0 Å². The molecular weight excluding hydrogens is 476 g/mol. The van der Waals surface area contributed by atoms with Crippen LogP contribution in [0.5, 0.6) is 0 Å². The molecule has 5 aliphatic carbocycles. The van der Waals surface area contributed by atoms with Crippen molar-refractivity contribution in [2.45, 2.75) is 163 Å². The number of esters is 1. The Morgan fingerprint density at radius 1 is 0.923 bits per heavy atom. The van der Waals surface area contributed by atoms with Gasteiger partial charge in [-0.2, -0.15) is 0 Å². The first-order valence-corrected chi connectivity index (χ1v) is 17.6. The Bertz CT molecular complexity index is 851. The molecule has 0 aliphatic heterocycles. The highest BCUT2D eigenvalue weighted by Gasteiger charge is 2.59. The molecule has 4 saturated carbocycles. The summed E-state index contributed by atoms with van der Waals surface area (Å²) in [6.45, 7) is 12.6. The topological polar surface area (TPSA) is 26.3 Å². The van der Waals surface area contributed by atoms with E-state index in [0.29, 0.717) is 17.3 Å². The largest absolute Gasteiger partial charge is 0.462 e. The van der Waals surface area contributed by atoms with Crippen LogP contribution < -0.4 is 0 Å². The summed E-state index contributed by atoms with van der Waals surface area (Å²) in [7, 11) is 0. The quantitative estimate of drug-likeness (QED) is 0.204. The number of hydrogen-bond donors (Lipinski definition) is 0. The SMILES string of the molecule is CC(C)CCC[C@@H](C)[C@H]1CC[C@H]2[C@@H]3CC=C4C[C@H](OC(=O)CCCC5CCCCC5)CC[C@]4(C)[C@H]3CC[C@]12C. The molecule has 39 heavy (non-hydrogen) atoms. The zero-order valence-corrected chi connectivity index (χ0v) is 26.4. The van der Waals surface area contributed by atoms with Gasteiger partial charge in [-0.25, -0.2) is 0 Å². The molecule has 5 rings (SSSR count). The van der Waals surface area contributed by atoms with Gasteiger partial charge in [-0.1, -0.05) is 97.6 Å². The molecule has 0 spiro atoms. The zero-order valence-electron chi connectivity index (χ0n) is 26.4. The molecule has 0 amide bonds. The first kappa shape index (κ1) is 29.7. The molecule has 0 aromatic rings. The van der Waals surface area contributed by atoms with Crippen molar-refractivity contribution in [3.63, 3.8) is 0 Å². The lowest BCUT2D eigenvalue weighted by Crippen LogP contribution is -2.51. The smallest absolute Gasteiger partial charge is 0.306 e. The number of ether oxygens (including phenoxy) is 1. The third-order valence-corrected chi connectivity index (χ3v) is 13.3. The molecule has 0 N–H and O–H groups in total. The Hall–Kier alpha value is -0.790. The highest BCUT2D eigenvalue weighted by molar-refractivity contribution is 5.69. The van der Waals surface area contributed by atoms with Crippen LogP contribution in [0.1, 0.15) is 157 Å². The van der Waals surface area contributed by atoms with Gasteiger partial charge in [0.25, 0.3) is 0 Å². The van der Waals surface area contributed by atoms with Gasteiger partial charge < -0.3 is 4.74 Å². The van der Waals surface area contributed by atoms with E-state index in [9.17, 15) is 4.79 Å². The average molecular weight is 539 g/mol. The van der Waals surface area contributed by atoms with Crippen LogP contribution in [0.2, 0.25) is 0 Å². The number of carbonyl (C=O) groups excluding carboxylic acids is 1. The fourth-order valence-electron chi connectivity index (χ4n) is 11.0. The average Bonchev–Trinajstić information content (AvgIpc) is 3.26. The zero-order chi connectivity index (χ0) is 27.6. The first-order valence-electron chi connectivity index (χ1n) is 17.6. The highest BCUT2D eigenvalue weighted by Crippen LogP contribution is 2.67. The Labute approximate surface area is 241 Å². The summed E-state index contributed by atoms with van der Waals surface area (Å²) in [6.07, 6.45) is 27.2. The molecule has 0 bridgehead atoms. The molecule has 8 atom stereocenters. The van der Waals surface area contributed by atoms with E-state index in [2.05, 4.69) is 40.7 Å². The van der Waals surface area contributed by atoms with Gasteiger partial charge >= 0.3 is 5.97 Å². The molecule has 0 unspecified atom stereocenters. The predicted molar refractivity (Wildman–Crippen MR) is 163 cm³/mol. The minimum Gasteiger partial charge on any atom is -0.462 e. The van der Waals surface area contributed by atoms with Gasteiger partial charge in [-0.05, 0) is 110 Å². The maximum absolute atomic E-state index is 12.7. The van der Waals surface area contributed by atoms with Gasteiger partial charge in [0.15, 0.2) is 0 Å². The second kappa shape index (κ2) is 12.6. The lowest BCUT2D eigenvalue weighted by Gasteiger charge is -2.58. The Morgan fingerprint density at radius 3 is 2.49 bits per heavy atom. The predicted octanol–water partition coefficient (Wildman–Crippen LogP) is 10.7. The Kier molecular flexibility index (Phi) is 9.60. The van der Waals surface area contributed by atoms with Gasteiger partial charge in [0.05, 0.1) is 0 Å². The lowest BCUT2D eigenvalue weighted by molar-refractivity contribution is -0.151. The minimum atomic E-state index is 0.0710. The second-order valence-electron chi connectivity index (χ2n) is 16.0. The van der Waals surface area contributed by atoms with E-state index in [1.165, 1.54) is 96.3 Å². The standard InChI is InChI=1S/C37H62O2/c1-26(2)11-9-12-27(3)32-19-20-33-31-18-17-29-25-30(21-23-36(29,4)34(31)22-24-37(32,33)5)39-35(38)16-10-15-28-13-7-6-8-14-28/h17,26-28,30-34H,6-16,18-25H2,1-5H3/t27-,30-,31+,32-,33+,34+,36+,37-/m1/s1. The van der Waals surface area contributed by atoms with E-state index in [4.69, 9.17) is 4.74 Å². The summed E-state index contributed by atoms with van der Waals surface area (Å²) in [4.78, 5) is 12.7. The number of allylic oxidation sites excluding steroid dienone is 1. The van der Waals surface area contributed by atoms with E-state index in [1.54, 1.807) is 5.57 Å². The maximum Gasteiger partial charge on any atom is 0.306 e. The van der Waals surface area contributed by atoms with Crippen LogP contribution in [0.15, 0.2) is 11.6 Å². The van der Waals surface area contributed by atoms with Crippen LogP contribution >= 0.6 is 0 Å². The molecule has 2 heteroatoms. The molecule has 0 heterocycles. The van der Waals surface area contributed by atoms with Crippen LogP contribution in [0.25, 0.3) is 0 Å². The van der Waals surface area contributed by atoms with Crippen molar-refractivity contribution in [2.75, 3.05) is 0 Å². The van der Waals surface area contributed by atoms with E-state index >= 15 is 0 Å². The minimum absolute atomic E-state index is 0.0710. The van der Waals surface area contributed by atoms with E-state index in [1.807, 2.05) is 0 Å². The van der Waals surface area contributed by atoms with Crippen LogP contribution in [0, 0.1) is 52.3 Å². The fourth-order valence-corrected chi connectivity index (χ4v) is 11.0. The molecular formula is C37H62O2. The summed E-state index contributed by atoms with van der Waals surface area (Å²) >= 11 is 0. The van der Waals surface area contributed by atoms with Crippen molar-refractivity contribution in [1.29, 1.82) is 0 Å². The molecule has 5 aliphatic rings. The molecule has 0 radical (unpaired) electrons. The Morgan fingerprint density at radius 2 is 1.72 bits per heavy atom. The van der Waals surface area contributed by atoms with Gasteiger partial charge in [0.1, 0.15) is 6.10 Å². The van der Waals surface area contributed by atoms with Crippen molar-refractivity contribution in [3.8, 4) is 0 Å². The van der Waals surface area contributed by atoms with Crippen LogP contribution in [-0.4, -0.2) is 12.1 Å². The number of carbonyl (C=O) groups is 1. The molecule has 222 valence electrons. The van der Waals surface area contributed by atoms with Crippen molar-refractivity contribution >= 4 is 5.97 Å². The molecule has 0 saturated heterocycles. The molecule has 2 nitrogen and oxygen atoms in total. The van der Waals surface area contributed by atoms with Gasteiger partial charge in [-0.3, -0.25) is 4.79 Å². The van der Waals surface area contributed by atoms with Gasteiger partial charge in [-0.15, -0.1) is 0 Å². The summed E-state index contributed by atoms with van der Waals surface area (Å²) < 4.78 is 6.10. The monoisotopic (exact) mass is 538 g/mol. The second-order valence-corrected chi connectivity index (χ2v) is 16.0. The van der Waals surface area contributed by atoms with Crippen LogP contribution in [0.4, 0.5) is 0 Å². The van der Waals surface area contributed by atoms with Gasteiger partial charge in [0.2, 0.25) is 0 Å². The van der Waals surface area contributed by atoms with E-state index in [0.717, 1.165) is 60.7 Å². The maximum atomic E-state index is 12.7.